The molecule has 1 heterocycles. The predicted molar refractivity (Wildman–Crippen MR) is 83.8 cm³/mol. The van der Waals surface area contributed by atoms with E-state index in [4.69, 9.17) is 32.9 Å². The molecule has 7 heteroatoms. The molecule has 1 amide bonds. The summed E-state index contributed by atoms with van der Waals surface area (Å²) in [4.78, 5) is 12.0. The van der Waals surface area contributed by atoms with Gasteiger partial charge < -0.3 is 14.8 Å². The third-order valence-electron chi connectivity index (χ3n) is 2.51. The van der Waals surface area contributed by atoms with Crippen molar-refractivity contribution in [3.05, 3.63) is 27.6 Å². The van der Waals surface area contributed by atoms with Crippen molar-refractivity contribution in [1.82, 2.24) is 5.32 Å². The molecule has 0 atom stereocenters. The van der Waals surface area contributed by atoms with E-state index in [0.717, 1.165) is 11.8 Å². The molecule has 108 valence electrons. The minimum atomic E-state index is -0.312. The number of nitrogens with one attached hydrogen (secondary N) is 2. The van der Waals surface area contributed by atoms with Crippen LogP contribution >= 0.6 is 23.4 Å². The minimum Gasteiger partial charge on any atom is -0.493 e. The zero-order chi connectivity index (χ0) is 15.4. The van der Waals surface area contributed by atoms with Crippen LogP contribution in [0.4, 0.5) is 0 Å². The Labute approximate surface area is 131 Å². The molecule has 2 rings (SSSR count). The summed E-state index contributed by atoms with van der Waals surface area (Å²) in [6, 6.07) is 3.32. The molecule has 0 unspecified atom stereocenters. The van der Waals surface area contributed by atoms with Crippen LogP contribution in [-0.4, -0.2) is 24.8 Å². The number of thioether (sulfide) groups is 1. The van der Waals surface area contributed by atoms with Gasteiger partial charge in [0.15, 0.2) is 16.7 Å². The topological polar surface area (TPSA) is 71.4 Å². The molecule has 0 spiro atoms. The summed E-state index contributed by atoms with van der Waals surface area (Å²) in [5, 5.41) is 10.2. The van der Waals surface area contributed by atoms with Crippen LogP contribution in [0.2, 0.25) is 5.02 Å². The molecule has 5 nitrogen and oxygen atoms in total. The SMILES string of the molecule is C#CCOc1c(Cl)cc(/C=C2\SC(=N)NC2=O)cc1OC. The number of halogens is 1. The number of ether oxygens (including phenoxy) is 2. The number of hydrogen-bond acceptors (Lipinski definition) is 5. The molecule has 1 aliphatic heterocycles. The highest BCUT2D eigenvalue weighted by Gasteiger charge is 2.22. The molecule has 21 heavy (non-hydrogen) atoms. The maximum Gasteiger partial charge on any atom is 0.264 e. The van der Waals surface area contributed by atoms with E-state index in [-0.39, 0.29) is 17.7 Å². The van der Waals surface area contributed by atoms with Crippen molar-refractivity contribution in [3.8, 4) is 23.8 Å². The number of amidine groups is 1. The van der Waals surface area contributed by atoms with Crippen LogP contribution in [0.1, 0.15) is 5.56 Å². The molecule has 0 aliphatic carbocycles. The molecular formula is C14H11ClN2O3S. The largest absolute Gasteiger partial charge is 0.493 e. The summed E-state index contributed by atoms with van der Waals surface area (Å²) in [6.45, 7) is 0.0753. The normalized spacial score (nSPS) is 15.8. The van der Waals surface area contributed by atoms with Gasteiger partial charge in [0.1, 0.15) is 6.61 Å². The number of benzene rings is 1. The Morgan fingerprint density at radius 2 is 2.33 bits per heavy atom. The number of carbonyl (C=O) groups is 1. The van der Waals surface area contributed by atoms with E-state index in [9.17, 15) is 4.79 Å². The van der Waals surface area contributed by atoms with Gasteiger partial charge in [0.05, 0.1) is 17.0 Å². The Balaban J connectivity index is 2.37. The van der Waals surface area contributed by atoms with Crippen molar-refractivity contribution in [2.45, 2.75) is 0 Å². The number of hydrogen-bond donors (Lipinski definition) is 2. The lowest BCUT2D eigenvalue weighted by Gasteiger charge is -2.11. The van der Waals surface area contributed by atoms with Crippen LogP contribution in [0, 0.1) is 17.8 Å². The molecule has 0 saturated carbocycles. The molecule has 1 aromatic rings. The van der Waals surface area contributed by atoms with Crippen LogP contribution < -0.4 is 14.8 Å². The zero-order valence-electron chi connectivity index (χ0n) is 11.0. The van der Waals surface area contributed by atoms with E-state index in [1.54, 1.807) is 18.2 Å². The lowest BCUT2D eigenvalue weighted by Crippen LogP contribution is -2.18. The molecule has 0 bridgehead atoms. The fourth-order valence-corrected chi connectivity index (χ4v) is 2.65. The molecule has 1 saturated heterocycles. The van der Waals surface area contributed by atoms with Gasteiger partial charge in [0.25, 0.3) is 5.91 Å². The number of rotatable bonds is 4. The van der Waals surface area contributed by atoms with Crippen LogP contribution in [0.25, 0.3) is 6.08 Å². The van der Waals surface area contributed by atoms with E-state index < -0.39 is 0 Å². The summed E-state index contributed by atoms with van der Waals surface area (Å²) in [6.07, 6.45) is 6.78. The van der Waals surface area contributed by atoms with E-state index >= 15 is 0 Å². The molecule has 1 fully saturated rings. The predicted octanol–water partition coefficient (Wildman–Crippen LogP) is 2.50. The van der Waals surface area contributed by atoms with Gasteiger partial charge in [-0.2, -0.15) is 0 Å². The first-order valence-electron chi connectivity index (χ1n) is 5.78. The van der Waals surface area contributed by atoms with Crippen molar-refractivity contribution in [1.29, 1.82) is 5.41 Å². The Morgan fingerprint density at radius 1 is 1.57 bits per heavy atom. The van der Waals surface area contributed by atoms with Gasteiger partial charge in [-0.1, -0.05) is 17.5 Å². The fourth-order valence-electron chi connectivity index (χ4n) is 1.67. The fraction of sp³-hybridized carbons (Fsp3) is 0.143. The number of methoxy groups -OCH3 is 1. The number of terminal acetylenes is 1. The van der Waals surface area contributed by atoms with Crippen molar-refractivity contribution < 1.29 is 14.3 Å². The van der Waals surface area contributed by atoms with Gasteiger partial charge in [-0.15, -0.1) is 6.42 Å². The molecule has 1 aromatic carbocycles. The van der Waals surface area contributed by atoms with Crippen molar-refractivity contribution in [2.75, 3.05) is 13.7 Å². The van der Waals surface area contributed by atoms with Crippen LogP contribution in [0.3, 0.4) is 0 Å². The highest BCUT2D eigenvalue weighted by molar-refractivity contribution is 8.18. The van der Waals surface area contributed by atoms with Crippen LogP contribution in [0.15, 0.2) is 17.0 Å². The first-order valence-corrected chi connectivity index (χ1v) is 6.98. The average molecular weight is 323 g/mol. The van der Waals surface area contributed by atoms with E-state index in [0.29, 0.717) is 27.0 Å². The lowest BCUT2D eigenvalue weighted by atomic mass is 10.2. The molecule has 0 aromatic heterocycles. The van der Waals surface area contributed by atoms with Gasteiger partial charge in [-0.25, -0.2) is 0 Å². The van der Waals surface area contributed by atoms with Gasteiger partial charge in [0, 0.05) is 0 Å². The summed E-state index contributed by atoms with van der Waals surface area (Å²) < 4.78 is 10.6. The van der Waals surface area contributed by atoms with Gasteiger partial charge in [0.2, 0.25) is 0 Å². The second kappa shape index (κ2) is 6.57. The first kappa shape index (κ1) is 15.3. The Hall–Kier alpha value is -2.10. The summed E-state index contributed by atoms with van der Waals surface area (Å²) in [5.74, 6) is 2.81. The highest BCUT2D eigenvalue weighted by Crippen LogP contribution is 2.37. The third-order valence-corrected chi connectivity index (χ3v) is 3.62. The lowest BCUT2D eigenvalue weighted by molar-refractivity contribution is -0.115. The monoisotopic (exact) mass is 322 g/mol. The Morgan fingerprint density at radius 3 is 2.90 bits per heavy atom. The van der Waals surface area contributed by atoms with Crippen LogP contribution in [0.5, 0.6) is 11.5 Å². The third kappa shape index (κ3) is 3.51. The minimum absolute atomic E-state index is 0.0753. The Kier molecular flexibility index (Phi) is 4.78. The number of carbonyl (C=O) groups excluding carboxylic acids is 1. The summed E-state index contributed by atoms with van der Waals surface area (Å²) in [5.41, 5.74) is 0.664. The van der Waals surface area contributed by atoms with E-state index in [1.165, 1.54) is 7.11 Å². The van der Waals surface area contributed by atoms with Gasteiger partial charge in [-0.05, 0) is 35.5 Å². The van der Waals surface area contributed by atoms with Crippen molar-refractivity contribution >= 4 is 40.5 Å². The van der Waals surface area contributed by atoms with Gasteiger partial charge in [-0.3, -0.25) is 10.2 Å². The summed E-state index contributed by atoms with van der Waals surface area (Å²) >= 11 is 7.20. The Bertz CT molecular complexity index is 680. The van der Waals surface area contributed by atoms with Crippen LogP contribution in [-0.2, 0) is 4.79 Å². The average Bonchev–Trinajstić information content (AvgIpc) is 2.75. The maximum absolute atomic E-state index is 11.6. The highest BCUT2D eigenvalue weighted by atomic mass is 35.5. The van der Waals surface area contributed by atoms with E-state index in [1.807, 2.05) is 0 Å². The second-order valence-corrected chi connectivity index (χ2v) is 5.38. The smallest absolute Gasteiger partial charge is 0.264 e. The maximum atomic E-state index is 11.6. The molecule has 1 aliphatic rings. The summed E-state index contributed by atoms with van der Waals surface area (Å²) in [7, 11) is 1.48. The van der Waals surface area contributed by atoms with E-state index in [2.05, 4.69) is 11.2 Å². The van der Waals surface area contributed by atoms with Gasteiger partial charge >= 0.3 is 0 Å². The first-order chi connectivity index (χ1) is 10.0. The molecule has 0 radical (unpaired) electrons. The van der Waals surface area contributed by atoms with Crippen molar-refractivity contribution in [3.63, 3.8) is 0 Å². The standard InChI is InChI=1S/C14H11ClN2O3S/c1-3-4-20-12-9(15)5-8(6-10(12)19-2)7-11-13(18)17-14(16)21-11/h1,5-7H,4H2,2H3,(H2,16,17,18)/b11-7-. The number of amides is 1. The molecular weight excluding hydrogens is 312 g/mol. The zero-order valence-corrected chi connectivity index (χ0v) is 12.6. The molecule has 2 N–H and O–H groups in total. The quantitative estimate of drug-likeness (QED) is 0.660. The second-order valence-electron chi connectivity index (χ2n) is 3.92. The van der Waals surface area contributed by atoms with Crippen molar-refractivity contribution in [2.24, 2.45) is 0 Å².